The van der Waals surface area contributed by atoms with Crippen molar-refractivity contribution in [2.45, 2.75) is 103 Å². The molecule has 0 unspecified atom stereocenters. The largest absolute Gasteiger partial charge is 0.481 e. The van der Waals surface area contributed by atoms with Gasteiger partial charge in [0.25, 0.3) is 11.5 Å². The SMILES string of the molecule is COC(=N)c1cc(C2CCN(C(=O)[C@@H](NC(=O)[C@@H]3CN(C(=O)c4c[nH]c(=O)cn4)CC34CN(C(=O)[C@H]3CC3(C)C)C4)[C@@H](C)OCC3(C)CCCCC3)CC2)ccc1C(F)(F)F. The number of methoxy groups -OCH3 is 1. The van der Waals surface area contributed by atoms with E-state index in [0.717, 1.165) is 57.9 Å². The van der Waals surface area contributed by atoms with Crippen molar-refractivity contribution in [3.8, 4) is 0 Å². The molecule has 2 aliphatic carbocycles. The molecule has 1 aromatic carbocycles. The van der Waals surface area contributed by atoms with Gasteiger partial charge in [0.05, 0.1) is 37.5 Å². The predicted molar refractivity (Wildman–Crippen MR) is 218 cm³/mol. The summed E-state index contributed by atoms with van der Waals surface area (Å²) in [4.78, 5) is 79.6. The number of hydrogen-bond acceptors (Lipinski definition) is 9. The number of nitrogens with one attached hydrogen (secondary N) is 3. The number of halogens is 3. The Labute approximate surface area is 353 Å². The minimum absolute atomic E-state index is 0.0116. The van der Waals surface area contributed by atoms with Gasteiger partial charge >= 0.3 is 6.18 Å². The first kappa shape index (κ1) is 44.3. The fourth-order valence-electron chi connectivity index (χ4n) is 10.0. The van der Waals surface area contributed by atoms with Gasteiger partial charge in [0.1, 0.15) is 11.7 Å². The van der Waals surface area contributed by atoms with Crippen LogP contribution in [-0.4, -0.2) is 119 Å². The van der Waals surface area contributed by atoms with Gasteiger partial charge in [-0.25, -0.2) is 4.98 Å². The number of hydrogen-bond donors (Lipinski definition) is 3. The summed E-state index contributed by atoms with van der Waals surface area (Å²) in [6.07, 6.45) is 3.81. The first-order chi connectivity index (χ1) is 28.7. The Morgan fingerprint density at radius 3 is 2.25 bits per heavy atom. The van der Waals surface area contributed by atoms with Crippen molar-refractivity contribution in [2.75, 3.05) is 53.0 Å². The van der Waals surface area contributed by atoms with Crippen LogP contribution in [0.3, 0.4) is 0 Å². The number of aromatic amines is 1. The maximum absolute atomic E-state index is 14.7. The average molecular weight is 854 g/mol. The molecule has 17 heteroatoms. The van der Waals surface area contributed by atoms with Gasteiger partial charge < -0.3 is 34.5 Å². The maximum Gasteiger partial charge on any atom is 0.417 e. The summed E-state index contributed by atoms with van der Waals surface area (Å²) in [7, 11) is 1.15. The number of amides is 4. The molecule has 0 radical (unpaired) electrons. The lowest BCUT2D eigenvalue weighted by Crippen LogP contribution is -2.65. The van der Waals surface area contributed by atoms with Crippen molar-refractivity contribution >= 4 is 29.5 Å². The van der Waals surface area contributed by atoms with Crippen LogP contribution in [-0.2, 0) is 30.0 Å². The van der Waals surface area contributed by atoms with E-state index in [1.165, 1.54) is 23.2 Å². The normalized spacial score (nSPS) is 24.1. The molecule has 4 heterocycles. The zero-order valence-electron chi connectivity index (χ0n) is 35.7. The fourth-order valence-corrected chi connectivity index (χ4v) is 10.0. The number of likely N-dealkylation sites (tertiary alicyclic amines) is 3. The fraction of sp³-hybridized carbons (Fsp3) is 0.659. The van der Waals surface area contributed by atoms with Gasteiger partial charge in [0, 0.05) is 62.4 Å². The second-order valence-electron chi connectivity index (χ2n) is 19.1. The van der Waals surface area contributed by atoms with E-state index in [4.69, 9.17) is 14.9 Å². The summed E-state index contributed by atoms with van der Waals surface area (Å²) >= 11 is 0. The number of ether oxygens (including phenoxy) is 2. The highest BCUT2D eigenvalue weighted by Crippen LogP contribution is 2.55. The topological polar surface area (TPSA) is 178 Å². The average Bonchev–Trinajstić information content (AvgIpc) is 3.67. The summed E-state index contributed by atoms with van der Waals surface area (Å²) in [5, 5.41) is 11.1. The van der Waals surface area contributed by atoms with Gasteiger partial charge in [-0.05, 0) is 73.5 Å². The molecule has 1 spiro atoms. The quantitative estimate of drug-likeness (QED) is 0.210. The molecule has 7 rings (SSSR count). The van der Waals surface area contributed by atoms with Crippen LogP contribution in [0.25, 0.3) is 0 Å². The van der Waals surface area contributed by atoms with Crippen LogP contribution in [0.5, 0.6) is 0 Å². The number of aromatic nitrogens is 2. The lowest BCUT2D eigenvalue weighted by atomic mass is 9.70. The Bertz CT molecular complexity index is 2070. The number of piperidine rings is 1. The van der Waals surface area contributed by atoms with Crippen LogP contribution in [0.4, 0.5) is 13.2 Å². The molecule has 332 valence electrons. The zero-order chi connectivity index (χ0) is 44.1. The van der Waals surface area contributed by atoms with Crippen LogP contribution < -0.4 is 10.9 Å². The van der Waals surface area contributed by atoms with Crippen LogP contribution in [0.1, 0.15) is 112 Å². The van der Waals surface area contributed by atoms with E-state index in [-0.39, 0.29) is 85.0 Å². The van der Waals surface area contributed by atoms with Crippen LogP contribution >= 0.6 is 0 Å². The van der Waals surface area contributed by atoms with Crippen molar-refractivity contribution in [1.82, 2.24) is 30.0 Å². The Balaban J connectivity index is 1.10. The summed E-state index contributed by atoms with van der Waals surface area (Å²) < 4.78 is 52.7. The first-order valence-corrected chi connectivity index (χ1v) is 21.4. The molecular weight excluding hydrogens is 796 g/mol. The van der Waals surface area contributed by atoms with Gasteiger partial charge in [-0.15, -0.1) is 0 Å². The summed E-state index contributed by atoms with van der Waals surface area (Å²) in [5.41, 5.74) is -2.08. The third kappa shape index (κ3) is 9.22. The maximum atomic E-state index is 14.7. The van der Waals surface area contributed by atoms with Crippen LogP contribution in [0, 0.1) is 33.5 Å². The van der Waals surface area contributed by atoms with E-state index in [9.17, 15) is 37.1 Å². The number of H-pyrrole nitrogens is 1. The summed E-state index contributed by atoms with van der Waals surface area (Å²) in [6, 6.07) is 2.64. The highest BCUT2D eigenvalue weighted by molar-refractivity contribution is 5.95. The molecule has 14 nitrogen and oxygen atoms in total. The molecule has 3 N–H and O–H groups in total. The second-order valence-corrected chi connectivity index (χ2v) is 19.1. The highest BCUT2D eigenvalue weighted by atomic mass is 19.4. The van der Waals surface area contributed by atoms with Crippen LogP contribution in [0.2, 0.25) is 0 Å². The van der Waals surface area contributed by atoms with Gasteiger partial charge in [0.15, 0.2) is 0 Å². The third-order valence-electron chi connectivity index (χ3n) is 14.1. The van der Waals surface area contributed by atoms with Crippen LogP contribution in [0.15, 0.2) is 35.4 Å². The third-order valence-corrected chi connectivity index (χ3v) is 14.1. The van der Waals surface area contributed by atoms with Crippen molar-refractivity contribution < 1.29 is 41.8 Å². The van der Waals surface area contributed by atoms with Gasteiger partial charge in [-0.3, -0.25) is 29.4 Å². The lowest BCUT2D eigenvalue weighted by molar-refractivity contribution is -0.153. The van der Waals surface area contributed by atoms with Gasteiger partial charge in [-0.1, -0.05) is 46.1 Å². The van der Waals surface area contributed by atoms with E-state index < -0.39 is 58.5 Å². The molecule has 2 aromatic rings. The molecule has 3 aliphatic heterocycles. The second kappa shape index (κ2) is 16.8. The summed E-state index contributed by atoms with van der Waals surface area (Å²) in [5.74, 6) is -2.88. The number of carbonyl (C=O) groups excluding carboxylic acids is 4. The minimum Gasteiger partial charge on any atom is -0.481 e. The predicted octanol–water partition coefficient (Wildman–Crippen LogP) is 4.97. The molecule has 0 bridgehead atoms. The highest BCUT2D eigenvalue weighted by Gasteiger charge is 2.62. The zero-order valence-corrected chi connectivity index (χ0v) is 35.7. The van der Waals surface area contributed by atoms with E-state index in [1.807, 2.05) is 13.8 Å². The van der Waals surface area contributed by atoms with Crippen molar-refractivity contribution in [1.29, 1.82) is 5.41 Å². The molecule has 3 saturated heterocycles. The Morgan fingerprint density at radius 2 is 1.66 bits per heavy atom. The monoisotopic (exact) mass is 853 g/mol. The van der Waals surface area contributed by atoms with E-state index in [1.54, 1.807) is 16.7 Å². The number of carbonyl (C=O) groups is 4. The molecule has 1 aromatic heterocycles. The Hall–Kier alpha value is -4.80. The molecular formula is C44H58F3N7O7. The van der Waals surface area contributed by atoms with Crippen molar-refractivity contribution in [3.63, 3.8) is 0 Å². The summed E-state index contributed by atoms with van der Waals surface area (Å²) in [6.45, 7) is 9.72. The number of nitrogens with zero attached hydrogens (tertiary/aromatic N) is 4. The molecule has 4 atom stereocenters. The Kier molecular flexibility index (Phi) is 12.2. The molecule has 5 aliphatic rings. The number of benzene rings is 1. The molecule has 61 heavy (non-hydrogen) atoms. The first-order valence-electron chi connectivity index (χ1n) is 21.4. The van der Waals surface area contributed by atoms with E-state index >= 15 is 0 Å². The minimum atomic E-state index is -4.67. The standard InChI is InChI=1S/C44H58F3N7O7/c1-26(61-25-42(4)13-7-6-8-14-42)35(40(59)52-15-11-27(12-16-52)28-9-10-30(44(45,46)47)29(17-28)36(48)60-5)51-37(56)32-21-53(39(58)33-19-50-34(55)20-49-33)22-43(32)23-54(24-43)38(57)31-18-41(31,2)3/h9-10,17,19-20,26-27,31-32,35,48H,6-8,11-16,18,21-25H2,1-5H3,(H,50,55)(H,51,56)/t26-,31-,32+,35+/m1/s1. The Morgan fingerprint density at radius 1 is 1.00 bits per heavy atom. The van der Waals surface area contributed by atoms with Crippen molar-refractivity contribution in [3.05, 3.63) is 63.3 Å². The van der Waals surface area contributed by atoms with Crippen molar-refractivity contribution in [2.24, 2.45) is 28.1 Å². The van der Waals surface area contributed by atoms with E-state index in [0.29, 0.717) is 25.0 Å². The lowest BCUT2D eigenvalue weighted by Gasteiger charge is -2.50. The number of alkyl halides is 3. The molecule has 5 fully saturated rings. The van der Waals surface area contributed by atoms with Gasteiger partial charge in [-0.2, -0.15) is 13.2 Å². The van der Waals surface area contributed by atoms with Gasteiger partial charge in [0.2, 0.25) is 23.6 Å². The number of rotatable bonds is 11. The molecule has 4 amide bonds. The smallest absolute Gasteiger partial charge is 0.417 e. The van der Waals surface area contributed by atoms with E-state index in [2.05, 4.69) is 22.2 Å². The molecule has 2 saturated carbocycles.